The van der Waals surface area contributed by atoms with Gasteiger partial charge < -0.3 is 9.32 Å². The van der Waals surface area contributed by atoms with Crippen molar-refractivity contribution in [3.05, 3.63) is 212 Å². The molecule has 0 unspecified atom stereocenters. The van der Waals surface area contributed by atoms with Crippen LogP contribution in [0.4, 0.5) is 17.1 Å². The fraction of sp³-hybridized carbons (Fsp3) is 0. The Morgan fingerprint density at radius 3 is 1.62 bits per heavy atom. The maximum absolute atomic E-state index is 6.38. The van der Waals surface area contributed by atoms with Gasteiger partial charge in [0.15, 0.2) is 0 Å². The summed E-state index contributed by atoms with van der Waals surface area (Å²) in [6.45, 7) is 0. The van der Waals surface area contributed by atoms with Crippen LogP contribution in [0.1, 0.15) is 0 Å². The molecule has 0 N–H and O–H groups in total. The third kappa shape index (κ3) is 5.51. The highest BCUT2D eigenvalue weighted by molar-refractivity contribution is 6.13. The van der Waals surface area contributed by atoms with Gasteiger partial charge in [-0.05, 0) is 120 Å². The summed E-state index contributed by atoms with van der Waals surface area (Å²) in [5.41, 5.74) is 12.1. The smallest absolute Gasteiger partial charge is 0.137 e. The molecular formula is C54H35NO. The summed E-state index contributed by atoms with van der Waals surface area (Å²) in [6.07, 6.45) is 0. The molecule has 0 spiro atoms. The van der Waals surface area contributed by atoms with E-state index in [4.69, 9.17) is 4.42 Å². The van der Waals surface area contributed by atoms with Gasteiger partial charge in [-0.2, -0.15) is 0 Å². The Morgan fingerprint density at radius 2 is 0.821 bits per heavy atom. The van der Waals surface area contributed by atoms with Gasteiger partial charge >= 0.3 is 0 Å². The van der Waals surface area contributed by atoms with Gasteiger partial charge in [-0.1, -0.05) is 158 Å². The molecule has 0 atom stereocenters. The Kier molecular flexibility index (Phi) is 7.53. The second kappa shape index (κ2) is 13.2. The Balaban J connectivity index is 0.985. The molecule has 1 heterocycles. The van der Waals surface area contributed by atoms with E-state index in [0.29, 0.717) is 0 Å². The minimum absolute atomic E-state index is 0.871. The predicted octanol–water partition coefficient (Wildman–Crippen LogP) is 15.5. The van der Waals surface area contributed by atoms with Crippen molar-refractivity contribution < 1.29 is 4.42 Å². The number of para-hydroxylation sites is 1. The molecule has 0 aliphatic carbocycles. The highest BCUT2D eigenvalue weighted by atomic mass is 16.3. The molecule has 10 aromatic carbocycles. The largest absolute Gasteiger partial charge is 0.456 e. The average molecular weight is 714 g/mol. The lowest BCUT2D eigenvalue weighted by Crippen LogP contribution is -2.10. The van der Waals surface area contributed by atoms with Crippen molar-refractivity contribution >= 4 is 71.3 Å². The van der Waals surface area contributed by atoms with Crippen LogP contribution in [0.5, 0.6) is 0 Å². The average Bonchev–Trinajstić information content (AvgIpc) is 3.66. The van der Waals surface area contributed by atoms with Gasteiger partial charge in [-0.25, -0.2) is 0 Å². The van der Waals surface area contributed by atoms with E-state index in [1.54, 1.807) is 0 Å². The van der Waals surface area contributed by atoms with Crippen molar-refractivity contribution in [1.29, 1.82) is 0 Å². The maximum atomic E-state index is 6.38. The van der Waals surface area contributed by atoms with Crippen molar-refractivity contribution in [2.45, 2.75) is 0 Å². The minimum Gasteiger partial charge on any atom is -0.456 e. The Morgan fingerprint density at radius 1 is 0.286 bits per heavy atom. The molecular weight excluding hydrogens is 679 g/mol. The van der Waals surface area contributed by atoms with Crippen molar-refractivity contribution in [3.63, 3.8) is 0 Å². The first kappa shape index (κ1) is 32.0. The number of fused-ring (bicyclic) bond motifs is 7. The molecule has 2 nitrogen and oxygen atoms in total. The van der Waals surface area contributed by atoms with Gasteiger partial charge in [0.25, 0.3) is 0 Å². The molecule has 0 fully saturated rings. The summed E-state index contributed by atoms with van der Waals surface area (Å²) < 4.78 is 6.38. The standard InChI is InChI=1S/C54H35NO/c1-2-11-42-33-44(27-23-36(42)9-1)43-12-7-13-47(34-43)55(51-16-8-18-53-54(51)49-15-5-6-17-52(49)56-53)46-31-29-38(30-32-46)37-19-21-39(22-20-37)45-28-26-41-25-24-40-10-3-4-14-48(40)50(41)35-45/h1-35H. The molecule has 0 saturated heterocycles. The van der Waals surface area contributed by atoms with Crippen LogP contribution in [0.25, 0.3) is 87.6 Å². The predicted molar refractivity (Wildman–Crippen MR) is 237 cm³/mol. The molecule has 0 amide bonds. The van der Waals surface area contributed by atoms with Crippen LogP contribution in [0.3, 0.4) is 0 Å². The third-order valence-electron chi connectivity index (χ3n) is 11.2. The number of hydrogen-bond donors (Lipinski definition) is 0. The van der Waals surface area contributed by atoms with E-state index in [1.807, 2.05) is 12.1 Å². The number of rotatable bonds is 6. The van der Waals surface area contributed by atoms with E-state index in [1.165, 1.54) is 65.7 Å². The second-order valence-electron chi connectivity index (χ2n) is 14.5. The lowest BCUT2D eigenvalue weighted by Gasteiger charge is -2.27. The van der Waals surface area contributed by atoms with Gasteiger partial charge in [0, 0.05) is 16.8 Å². The van der Waals surface area contributed by atoms with Crippen molar-refractivity contribution in [2.75, 3.05) is 4.90 Å². The fourth-order valence-corrected chi connectivity index (χ4v) is 8.40. The van der Waals surface area contributed by atoms with Gasteiger partial charge in [-0.3, -0.25) is 0 Å². The molecule has 262 valence electrons. The van der Waals surface area contributed by atoms with Crippen LogP contribution in [0.2, 0.25) is 0 Å². The highest BCUT2D eigenvalue weighted by Crippen LogP contribution is 2.44. The molecule has 11 rings (SSSR count). The van der Waals surface area contributed by atoms with Crippen LogP contribution in [0.15, 0.2) is 217 Å². The molecule has 0 radical (unpaired) electrons. The third-order valence-corrected chi connectivity index (χ3v) is 11.2. The summed E-state index contributed by atoms with van der Waals surface area (Å²) in [4.78, 5) is 2.37. The molecule has 2 heteroatoms. The number of nitrogens with zero attached hydrogens (tertiary/aromatic N) is 1. The van der Waals surface area contributed by atoms with E-state index in [2.05, 4.69) is 205 Å². The summed E-state index contributed by atoms with van der Waals surface area (Å²) in [5.74, 6) is 0. The van der Waals surface area contributed by atoms with E-state index in [9.17, 15) is 0 Å². The molecule has 11 aromatic rings. The van der Waals surface area contributed by atoms with Gasteiger partial charge in [0.1, 0.15) is 11.2 Å². The second-order valence-corrected chi connectivity index (χ2v) is 14.5. The monoisotopic (exact) mass is 713 g/mol. The molecule has 56 heavy (non-hydrogen) atoms. The highest BCUT2D eigenvalue weighted by Gasteiger charge is 2.20. The summed E-state index contributed by atoms with van der Waals surface area (Å²) in [7, 11) is 0. The molecule has 1 aromatic heterocycles. The zero-order valence-electron chi connectivity index (χ0n) is 30.6. The van der Waals surface area contributed by atoms with Crippen molar-refractivity contribution in [3.8, 4) is 33.4 Å². The van der Waals surface area contributed by atoms with E-state index in [-0.39, 0.29) is 0 Å². The van der Waals surface area contributed by atoms with Crippen molar-refractivity contribution in [2.24, 2.45) is 0 Å². The van der Waals surface area contributed by atoms with Crippen LogP contribution >= 0.6 is 0 Å². The Bertz CT molecular complexity index is 3250. The van der Waals surface area contributed by atoms with Gasteiger partial charge in [0.05, 0.1) is 11.1 Å². The minimum atomic E-state index is 0.871. The Labute approximate surface area is 325 Å². The lowest BCUT2D eigenvalue weighted by atomic mass is 9.96. The first-order valence-corrected chi connectivity index (χ1v) is 19.2. The quantitative estimate of drug-likeness (QED) is 0.160. The van der Waals surface area contributed by atoms with E-state index in [0.717, 1.165) is 39.0 Å². The first-order chi connectivity index (χ1) is 27.7. The Hall–Kier alpha value is -7.42. The summed E-state index contributed by atoms with van der Waals surface area (Å²) in [6, 6.07) is 76.5. The zero-order chi connectivity index (χ0) is 37.0. The van der Waals surface area contributed by atoms with Crippen LogP contribution < -0.4 is 4.90 Å². The first-order valence-electron chi connectivity index (χ1n) is 19.2. The normalized spacial score (nSPS) is 11.6. The van der Waals surface area contributed by atoms with E-state index >= 15 is 0 Å². The molecule has 0 aliphatic heterocycles. The summed E-state index contributed by atoms with van der Waals surface area (Å²) >= 11 is 0. The van der Waals surface area contributed by atoms with Crippen LogP contribution in [0, 0.1) is 0 Å². The lowest BCUT2D eigenvalue weighted by molar-refractivity contribution is 0.669. The number of hydrogen-bond acceptors (Lipinski definition) is 2. The van der Waals surface area contributed by atoms with Gasteiger partial charge in [-0.15, -0.1) is 0 Å². The molecule has 0 saturated carbocycles. The number of benzene rings is 10. The van der Waals surface area contributed by atoms with Gasteiger partial charge in [0.2, 0.25) is 0 Å². The van der Waals surface area contributed by atoms with E-state index < -0.39 is 0 Å². The van der Waals surface area contributed by atoms with Crippen LogP contribution in [-0.2, 0) is 0 Å². The number of furan rings is 1. The number of anilines is 3. The fourth-order valence-electron chi connectivity index (χ4n) is 8.40. The molecule has 0 aliphatic rings. The van der Waals surface area contributed by atoms with Crippen LogP contribution in [-0.4, -0.2) is 0 Å². The maximum Gasteiger partial charge on any atom is 0.137 e. The zero-order valence-corrected chi connectivity index (χ0v) is 30.6. The molecule has 0 bridgehead atoms. The van der Waals surface area contributed by atoms with Crippen molar-refractivity contribution in [1.82, 2.24) is 0 Å². The topological polar surface area (TPSA) is 16.4 Å². The SMILES string of the molecule is c1cc(-c2ccc3ccccc3c2)cc(N(c2ccc(-c3ccc(-c4ccc5ccc6ccccc6c5c4)cc3)cc2)c2cccc3oc4ccccc4c23)c1. The summed E-state index contributed by atoms with van der Waals surface area (Å²) in [5, 5.41) is 9.77.